The number of anilines is 2. The van der Waals surface area contributed by atoms with E-state index in [-0.39, 0.29) is 17.9 Å². The lowest BCUT2D eigenvalue weighted by Crippen LogP contribution is -2.26. The lowest BCUT2D eigenvalue weighted by molar-refractivity contribution is 0.0942. The molecule has 4 aromatic rings. The molecule has 36 heavy (non-hydrogen) atoms. The zero-order valence-electron chi connectivity index (χ0n) is 20.4. The van der Waals surface area contributed by atoms with E-state index in [1.54, 1.807) is 11.6 Å². The number of unbranched alkanes of at least 4 members (excludes halogenated alkanes) is 1. The molecule has 0 unspecified atom stereocenters. The summed E-state index contributed by atoms with van der Waals surface area (Å²) in [5.41, 5.74) is 5.22. The first kappa shape index (κ1) is 23.9. The maximum atomic E-state index is 13.1. The molecule has 7 nitrogen and oxygen atoms in total. The fourth-order valence-electron chi connectivity index (χ4n) is 4.01. The number of pyridine rings is 1. The van der Waals surface area contributed by atoms with E-state index in [0.29, 0.717) is 23.5 Å². The van der Waals surface area contributed by atoms with Crippen molar-refractivity contribution in [3.05, 3.63) is 70.9 Å². The number of rotatable bonds is 9. The highest BCUT2D eigenvalue weighted by molar-refractivity contribution is 7.13. The van der Waals surface area contributed by atoms with Crippen LogP contribution in [-0.2, 0) is 0 Å². The molecule has 3 N–H and O–H groups in total. The van der Waals surface area contributed by atoms with Crippen LogP contribution in [0.3, 0.4) is 0 Å². The van der Waals surface area contributed by atoms with Crippen LogP contribution < -0.4 is 16.0 Å². The van der Waals surface area contributed by atoms with E-state index >= 15 is 0 Å². The lowest BCUT2D eigenvalue weighted by Gasteiger charge is -2.16. The van der Waals surface area contributed by atoms with Crippen LogP contribution in [0.5, 0.6) is 0 Å². The summed E-state index contributed by atoms with van der Waals surface area (Å²) in [7, 11) is 0. The molecule has 2 amide bonds. The third kappa shape index (κ3) is 5.23. The van der Waals surface area contributed by atoms with Crippen molar-refractivity contribution in [2.45, 2.75) is 45.6 Å². The first-order valence-corrected chi connectivity index (χ1v) is 13.2. The van der Waals surface area contributed by atoms with E-state index in [9.17, 15) is 9.59 Å². The molecule has 0 spiro atoms. The Hall–Kier alpha value is -3.78. The summed E-state index contributed by atoms with van der Waals surface area (Å²) < 4.78 is 0. The summed E-state index contributed by atoms with van der Waals surface area (Å²) in [6, 6.07) is 14.1. The van der Waals surface area contributed by atoms with E-state index in [1.807, 2.05) is 49.4 Å². The van der Waals surface area contributed by atoms with E-state index in [1.165, 1.54) is 11.3 Å². The Bertz CT molecular complexity index is 1410. The van der Waals surface area contributed by atoms with Crippen molar-refractivity contribution in [2.24, 2.45) is 0 Å². The number of hydrogen-bond acceptors (Lipinski definition) is 6. The van der Waals surface area contributed by atoms with Gasteiger partial charge >= 0.3 is 0 Å². The average Bonchev–Trinajstić information content (AvgIpc) is 3.56. The quantitative estimate of drug-likeness (QED) is 0.252. The Morgan fingerprint density at radius 2 is 1.92 bits per heavy atom. The molecule has 0 saturated heterocycles. The van der Waals surface area contributed by atoms with Gasteiger partial charge in [-0.3, -0.25) is 14.6 Å². The van der Waals surface area contributed by atoms with Gasteiger partial charge in [0.2, 0.25) is 0 Å². The molecule has 1 aliphatic rings. The van der Waals surface area contributed by atoms with Gasteiger partial charge in [0.25, 0.3) is 11.8 Å². The average molecular weight is 500 g/mol. The molecule has 2 aromatic carbocycles. The molecule has 2 heterocycles. The first-order valence-electron chi connectivity index (χ1n) is 12.3. The Morgan fingerprint density at radius 1 is 1.11 bits per heavy atom. The zero-order chi connectivity index (χ0) is 25.1. The van der Waals surface area contributed by atoms with E-state index in [0.717, 1.165) is 58.4 Å². The third-order valence-electron chi connectivity index (χ3n) is 6.20. The molecule has 0 atom stereocenters. The minimum atomic E-state index is -0.156. The summed E-state index contributed by atoms with van der Waals surface area (Å²) >= 11 is 1.44. The van der Waals surface area contributed by atoms with Gasteiger partial charge in [0, 0.05) is 40.8 Å². The second kappa shape index (κ2) is 10.5. The van der Waals surface area contributed by atoms with Crippen LogP contribution in [0.2, 0.25) is 0 Å². The van der Waals surface area contributed by atoms with Crippen LogP contribution in [0.15, 0.2) is 54.0 Å². The predicted octanol–water partition coefficient (Wildman–Crippen LogP) is 5.83. The number of aromatic nitrogens is 2. The van der Waals surface area contributed by atoms with Gasteiger partial charge in [-0.05, 0) is 56.0 Å². The monoisotopic (exact) mass is 499 g/mol. The minimum absolute atomic E-state index is 0.132. The highest BCUT2D eigenvalue weighted by Crippen LogP contribution is 2.36. The van der Waals surface area contributed by atoms with Gasteiger partial charge in [-0.1, -0.05) is 31.5 Å². The molecule has 1 fully saturated rings. The van der Waals surface area contributed by atoms with Crippen LogP contribution >= 0.6 is 11.3 Å². The molecule has 8 heteroatoms. The lowest BCUT2D eigenvalue weighted by atomic mass is 10.0. The SMILES string of the molecule is CCCCNC(=O)c1csc(-c2cc3c(Nc4ccccc4)c(C(=O)NC4CC4)cnc3cc2C)n1. The molecule has 5 rings (SSSR count). The van der Waals surface area contributed by atoms with Gasteiger partial charge in [-0.2, -0.15) is 0 Å². The van der Waals surface area contributed by atoms with Gasteiger partial charge < -0.3 is 16.0 Å². The fourth-order valence-corrected chi connectivity index (χ4v) is 4.89. The number of nitrogens with one attached hydrogen (secondary N) is 3. The first-order chi connectivity index (χ1) is 17.5. The normalized spacial score (nSPS) is 12.9. The number of benzene rings is 2. The van der Waals surface area contributed by atoms with Crippen LogP contribution in [-0.4, -0.2) is 34.4 Å². The molecule has 184 valence electrons. The molecule has 2 aromatic heterocycles. The zero-order valence-corrected chi connectivity index (χ0v) is 21.2. The van der Waals surface area contributed by atoms with Crippen LogP contribution in [0.25, 0.3) is 21.5 Å². The van der Waals surface area contributed by atoms with E-state index < -0.39 is 0 Å². The number of nitrogens with zero attached hydrogens (tertiary/aromatic N) is 2. The van der Waals surface area contributed by atoms with Crippen molar-refractivity contribution < 1.29 is 9.59 Å². The Morgan fingerprint density at radius 3 is 2.67 bits per heavy atom. The summed E-state index contributed by atoms with van der Waals surface area (Å²) in [6.45, 7) is 4.74. The van der Waals surface area contributed by atoms with Crippen LogP contribution in [0, 0.1) is 6.92 Å². The molecule has 1 aliphatic carbocycles. The summed E-state index contributed by atoms with van der Waals surface area (Å²) in [6.07, 6.45) is 5.62. The molecule has 0 radical (unpaired) electrons. The Kier molecular flexibility index (Phi) is 6.95. The molecule has 1 saturated carbocycles. The second-order valence-corrected chi connectivity index (χ2v) is 9.98. The van der Waals surface area contributed by atoms with Crippen LogP contribution in [0.4, 0.5) is 11.4 Å². The minimum Gasteiger partial charge on any atom is -0.354 e. The van der Waals surface area contributed by atoms with Gasteiger partial charge in [0.15, 0.2) is 0 Å². The highest BCUT2D eigenvalue weighted by Gasteiger charge is 2.26. The molecule has 0 bridgehead atoms. The second-order valence-electron chi connectivity index (χ2n) is 9.12. The topological polar surface area (TPSA) is 96.0 Å². The fraction of sp³-hybridized carbons (Fsp3) is 0.286. The predicted molar refractivity (Wildman–Crippen MR) is 145 cm³/mol. The maximum Gasteiger partial charge on any atom is 0.270 e. The number of hydrogen-bond donors (Lipinski definition) is 3. The standard InChI is InChI=1S/C28H29N5O2S/c1-3-4-12-29-27(35)24-16-36-28(33-24)20-14-21-23(13-17(20)2)30-15-22(26(34)32-19-10-11-19)25(21)31-18-8-6-5-7-9-18/h5-9,13-16,19H,3-4,10-12H2,1-2H3,(H,29,35)(H,30,31)(H,32,34). The third-order valence-corrected chi connectivity index (χ3v) is 7.07. The summed E-state index contributed by atoms with van der Waals surface area (Å²) in [5.74, 6) is -0.288. The molecular formula is C28H29N5O2S. The molecular weight excluding hydrogens is 470 g/mol. The van der Waals surface area contributed by atoms with Crippen LogP contribution in [0.1, 0.15) is 59.0 Å². The number of carbonyl (C=O) groups excluding carboxylic acids is 2. The smallest absolute Gasteiger partial charge is 0.270 e. The number of para-hydroxylation sites is 1. The van der Waals surface area contributed by atoms with Crippen molar-refractivity contribution in [3.63, 3.8) is 0 Å². The van der Waals surface area contributed by atoms with Crippen molar-refractivity contribution >= 4 is 45.4 Å². The Labute approximate surface area is 214 Å². The van der Waals surface area contributed by atoms with Gasteiger partial charge in [0.05, 0.1) is 16.8 Å². The number of amides is 2. The number of fused-ring (bicyclic) bond motifs is 1. The Balaban J connectivity index is 1.56. The van der Waals surface area contributed by atoms with Gasteiger partial charge in [-0.15, -0.1) is 11.3 Å². The number of thiazole rings is 1. The van der Waals surface area contributed by atoms with Crippen molar-refractivity contribution in [2.75, 3.05) is 11.9 Å². The van der Waals surface area contributed by atoms with Crippen molar-refractivity contribution in [3.8, 4) is 10.6 Å². The van der Waals surface area contributed by atoms with Crippen molar-refractivity contribution in [1.82, 2.24) is 20.6 Å². The summed E-state index contributed by atoms with van der Waals surface area (Å²) in [4.78, 5) is 34.9. The maximum absolute atomic E-state index is 13.1. The van der Waals surface area contributed by atoms with Crippen molar-refractivity contribution in [1.29, 1.82) is 0 Å². The number of aryl methyl sites for hydroxylation is 1. The highest BCUT2D eigenvalue weighted by atomic mass is 32.1. The number of carbonyl (C=O) groups is 2. The van der Waals surface area contributed by atoms with Gasteiger partial charge in [-0.25, -0.2) is 4.98 Å². The summed E-state index contributed by atoms with van der Waals surface area (Å²) in [5, 5.41) is 12.8. The largest absolute Gasteiger partial charge is 0.354 e. The van der Waals surface area contributed by atoms with Gasteiger partial charge in [0.1, 0.15) is 10.7 Å². The molecule has 0 aliphatic heterocycles. The van der Waals surface area contributed by atoms with E-state index in [4.69, 9.17) is 0 Å². The van der Waals surface area contributed by atoms with E-state index in [2.05, 4.69) is 32.8 Å².